The minimum absolute atomic E-state index is 0.0915. The Bertz CT molecular complexity index is 600. The van der Waals surface area contributed by atoms with Crippen LogP contribution in [0.5, 0.6) is 0 Å². The maximum Gasteiger partial charge on any atom is 0.351 e. The maximum absolute atomic E-state index is 12.2. The molecule has 2 aliphatic rings. The zero-order valence-electron chi connectivity index (χ0n) is 12.8. The molecule has 0 saturated carbocycles. The van der Waals surface area contributed by atoms with Gasteiger partial charge in [0, 0.05) is 30.7 Å². The number of aryl methyl sites for hydroxylation is 1. The van der Waals surface area contributed by atoms with Crippen LogP contribution in [-0.2, 0) is 9.47 Å². The Morgan fingerprint density at radius 1 is 1.52 bits per heavy atom. The van der Waals surface area contributed by atoms with Gasteiger partial charge in [0.05, 0.1) is 5.60 Å². The van der Waals surface area contributed by atoms with E-state index in [0.29, 0.717) is 12.5 Å². The molecule has 2 fully saturated rings. The molecule has 1 aromatic rings. The summed E-state index contributed by atoms with van der Waals surface area (Å²) in [5, 5.41) is 0. The summed E-state index contributed by atoms with van der Waals surface area (Å²) in [6.07, 6.45) is 4.02. The van der Waals surface area contributed by atoms with Gasteiger partial charge in [-0.2, -0.15) is 4.98 Å². The molecule has 0 spiro atoms. The standard InChI is InChI=1S/C15H23N3O3/c1-4-10-11-13(21-15(10,5-2)6-7-20-11)18-8-9(3)12(16)17-14(18)19/h8,10-11,13H,4-7H2,1-3H3,(H2,16,17,19)/t10?,11-,13+,15-/m0/s1. The predicted octanol–water partition coefficient (Wildman–Crippen LogP) is 1.63. The van der Waals surface area contributed by atoms with Crippen LogP contribution >= 0.6 is 0 Å². The van der Waals surface area contributed by atoms with Crippen molar-refractivity contribution >= 4 is 5.82 Å². The van der Waals surface area contributed by atoms with Crippen molar-refractivity contribution in [2.75, 3.05) is 12.3 Å². The molecule has 3 rings (SSSR count). The maximum atomic E-state index is 12.2. The smallest absolute Gasteiger partial charge is 0.351 e. The predicted molar refractivity (Wildman–Crippen MR) is 78.9 cm³/mol. The Kier molecular flexibility index (Phi) is 3.53. The third-order valence-electron chi connectivity index (χ3n) is 5.03. The van der Waals surface area contributed by atoms with Gasteiger partial charge in [-0.1, -0.05) is 13.8 Å². The zero-order chi connectivity index (χ0) is 15.2. The molecule has 116 valence electrons. The first-order chi connectivity index (χ1) is 10.0. The van der Waals surface area contributed by atoms with Crippen LogP contribution in [0.2, 0.25) is 0 Å². The van der Waals surface area contributed by atoms with Crippen LogP contribution in [0.25, 0.3) is 0 Å². The highest BCUT2D eigenvalue weighted by atomic mass is 16.6. The van der Waals surface area contributed by atoms with Crippen molar-refractivity contribution in [3.8, 4) is 0 Å². The lowest BCUT2D eigenvalue weighted by Gasteiger charge is -2.37. The number of fused-ring (bicyclic) bond motifs is 2. The molecule has 2 saturated heterocycles. The zero-order valence-corrected chi connectivity index (χ0v) is 12.8. The first-order valence-electron chi connectivity index (χ1n) is 7.67. The Morgan fingerprint density at radius 2 is 2.29 bits per heavy atom. The molecular weight excluding hydrogens is 270 g/mol. The molecule has 1 unspecified atom stereocenters. The number of aromatic nitrogens is 2. The van der Waals surface area contributed by atoms with Gasteiger partial charge >= 0.3 is 5.69 Å². The molecule has 21 heavy (non-hydrogen) atoms. The molecule has 2 bridgehead atoms. The Hall–Kier alpha value is -1.40. The largest absolute Gasteiger partial charge is 0.383 e. The number of ether oxygens (including phenoxy) is 2. The van der Waals surface area contributed by atoms with E-state index in [9.17, 15) is 4.79 Å². The molecule has 3 heterocycles. The van der Waals surface area contributed by atoms with Crippen LogP contribution in [-0.4, -0.2) is 27.9 Å². The van der Waals surface area contributed by atoms with Crippen LogP contribution in [0.1, 0.15) is 44.9 Å². The van der Waals surface area contributed by atoms with E-state index in [2.05, 4.69) is 18.8 Å². The van der Waals surface area contributed by atoms with Crippen molar-refractivity contribution in [1.29, 1.82) is 0 Å². The number of hydrogen-bond donors (Lipinski definition) is 1. The summed E-state index contributed by atoms with van der Waals surface area (Å²) in [5.74, 6) is 0.585. The van der Waals surface area contributed by atoms with Gasteiger partial charge in [-0.05, 0) is 19.8 Å². The molecule has 6 heteroatoms. The number of nitrogens with two attached hydrogens (primary N) is 1. The number of hydrogen-bond acceptors (Lipinski definition) is 5. The van der Waals surface area contributed by atoms with E-state index in [1.54, 1.807) is 10.8 Å². The van der Waals surface area contributed by atoms with Gasteiger partial charge in [0.1, 0.15) is 11.9 Å². The summed E-state index contributed by atoms with van der Waals surface area (Å²) in [5.41, 5.74) is 5.92. The fourth-order valence-electron chi connectivity index (χ4n) is 3.81. The molecule has 2 N–H and O–H groups in total. The van der Waals surface area contributed by atoms with Crippen molar-refractivity contribution < 1.29 is 9.47 Å². The van der Waals surface area contributed by atoms with Crippen molar-refractivity contribution in [1.82, 2.24) is 9.55 Å². The summed E-state index contributed by atoms with van der Waals surface area (Å²) in [4.78, 5) is 16.1. The van der Waals surface area contributed by atoms with Crippen LogP contribution in [0.3, 0.4) is 0 Å². The lowest BCUT2D eigenvalue weighted by Crippen LogP contribution is -2.43. The van der Waals surface area contributed by atoms with E-state index in [0.717, 1.165) is 24.8 Å². The van der Waals surface area contributed by atoms with E-state index in [1.165, 1.54) is 0 Å². The normalized spacial score (nSPS) is 35.1. The second kappa shape index (κ2) is 5.10. The first kappa shape index (κ1) is 14.5. The van der Waals surface area contributed by atoms with E-state index >= 15 is 0 Å². The van der Waals surface area contributed by atoms with Crippen molar-refractivity contribution in [2.45, 2.75) is 58.0 Å². The van der Waals surface area contributed by atoms with E-state index < -0.39 is 6.23 Å². The van der Waals surface area contributed by atoms with Crippen molar-refractivity contribution in [3.63, 3.8) is 0 Å². The van der Waals surface area contributed by atoms with Crippen molar-refractivity contribution in [2.24, 2.45) is 5.92 Å². The van der Waals surface area contributed by atoms with Crippen LogP contribution in [0, 0.1) is 12.8 Å². The van der Waals surface area contributed by atoms with Crippen LogP contribution in [0.15, 0.2) is 11.0 Å². The minimum atomic E-state index is -0.406. The number of nitrogens with zero attached hydrogens (tertiary/aromatic N) is 2. The molecule has 1 aromatic heterocycles. The average Bonchev–Trinajstić information content (AvgIpc) is 2.65. The summed E-state index contributed by atoms with van der Waals surface area (Å²) in [6.45, 7) is 6.81. The van der Waals surface area contributed by atoms with Gasteiger partial charge in [0.25, 0.3) is 0 Å². The van der Waals surface area contributed by atoms with Gasteiger partial charge in [0.2, 0.25) is 0 Å². The van der Waals surface area contributed by atoms with Gasteiger partial charge in [0.15, 0.2) is 6.23 Å². The van der Waals surface area contributed by atoms with E-state index in [-0.39, 0.29) is 23.2 Å². The molecule has 4 atom stereocenters. The van der Waals surface area contributed by atoms with E-state index in [4.69, 9.17) is 15.2 Å². The first-order valence-corrected chi connectivity index (χ1v) is 7.67. The van der Waals surface area contributed by atoms with Crippen LogP contribution in [0.4, 0.5) is 5.82 Å². The van der Waals surface area contributed by atoms with Gasteiger partial charge in [-0.3, -0.25) is 4.57 Å². The summed E-state index contributed by atoms with van der Waals surface area (Å²) in [7, 11) is 0. The van der Waals surface area contributed by atoms with Gasteiger partial charge in [-0.25, -0.2) is 4.79 Å². The molecule has 0 amide bonds. The summed E-state index contributed by atoms with van der Waals surface area (Å²) >= 11 is 0. The molecule has 0 radical (unpaired) electrons. The van der Waals surface area contributed by atoms with Crippen LogP contribution < -0.4 is 11.4 Å². The second-order valence-corrected chi connectivity index (χ2v) is 6.03. The van der Waals surface area contributed by atoms with Crippen molar-refractivity contribution in [3.05, 3.63) is 22.2 Å². The third kappa shape index (κ3) is 2.08. The average molecular weight is 293 g/mol. The molecule has 6 nitrogen and oxygen atoms in total. The highest BCUT2D eigenvalue weighted by molar-refractivity contribution is 5.35. The Morgan fingerprint density at radius 3 is 2.90 bits per heavy atom. The Labute approximate surface area is 124 Å². The lowest BCUT2D eigenvalue weighted by atomic mass is 9.78. The SMILES string of the molecule is CCC1[C@@H]2OCC[C@]1(CC)O[C@H]2n1cc(C)c(N)nc1=O. The van der Waals surface area contributed by atoms with E-state index in [1.807, 2.05) is 6.92 Å². The molecule has 0 aromatic carbocycles. The van der Waals surface area contributed by atoms with Gasteiger partial charge in [-0.15, -0.1) is 0 Å². The molecule has 2 aliphatic heterocycles. The number of rotatable bonds is 3. The molecule has 0 aliphatic carbocycles. The monoisotopic (exact) mass is 293 g/mol. The minimum Gasteiger partial charge on any atom is -0.383 e. The fraction of sp³-hybridized carbons (Fsp3) is 0.733. The third-order valence-corrected chi connectivity index (χ3v) is 5.03. The number of anilines is 1. The summed E-state index contributed by atoms with van der Waals surface area (Å²) < 4.78 is 13.8. The lowest BCUT2D eigenvalue weighted by molar-refractivity contribution is -0.0918. The quantitative estimate of drug-likeness (QED) is 0.916. The second-order valence-electron chi connectivity index (χ2n) is 6.03. The fourth-order valence-corrected chi connectivity index (χ4v) is 3.81. The Balaban J connectivity index is 2.05. The highest BCUT2D eigenvalue weighted by Gasteiger charge is 2.56. The highest BCUT2D eigenvalue weighted by Crippen LogP contribution is 2.51. The molecular formula is C15H23N3O3. The summed E-state index contributed by atoms with van der Waals surface area (Å²) in [6, 6.07) is 0. The number of nitrogen functional groups attached to an aromatic ring is 1. The van der Waals surface area contributed by atoms with Gasteiger partial charge < -0.3 is 15.2 Å². The topological polar surface area (TPSA) is 79.4 Å².